The molecule has 5 nitrogen and oxygen atoms in total. The second-order valence-electron chi connectivity index (χ2n) is 8.02. The SMILES string of the molecule is CC1CCCCN1Cc1ccc(NC(=O)C2CNNC2c2ccccc2)cc1. The summed E-state index contributed by atoms with van der Waals surface area (Å²) in [5, 5.41) is 3.09. The number of nitrogens with one attached hydrogen (secondary N) is 3. The first-order valence-corrected chi connectivity index (χ1v) is 10.4. The van der Waals surface area contributed by atoms with Gasteiger partial charge in [0, 0.05) is 24.8 Å². The summed E-state index contributed by atoms with van der Waals surface area (Å²) < 4.78 is 0. The Morgan fingerprint density at radius 3 is 2.64 bits per heavy atom. The lowest BCUT2D eigenvalue weighted by Gasteiger charge is -2.33. The van der Waals surface area contributed by atoms with Gasteiger partial charge in [-0.2, -0.15) is 0 Å². The van der Waals surface area contributed by atoms with E-state index >= 15 is 0 Å². The molecule has 4 rings (SSSR count). The van der Waals surface area contributed by atoms with Crippen molar-refractivity contribution >= 4 is 11.6 Å². The largest absolute Gasteiger partial charge is 0.326 e. The van der Waals surface area contributed by atoms with Gasteiger partial charge >= 0.3 is 0 Å². The lowest BCUT2D eigenvalue weighted by molar-refractivity contribution is -0.119. The standard InChI is InChI=1S/C23H30N4O/c1-17-7-5-6-14-27(17)16-18-10-12-20(13-11-18)25-23(28)21-15-24-26-22(21)19-8-3-2-4-9-19/h2-4,8-13,17,21-22,24,26H,5-7,14-16H2,1H3,(H,25,28). The topological polar surface area (TPSA) is 56.4 Å². The number of amides is 1. The number of anilines is 1. The van der Waals surface area contributed by atoms with Crippen LogP contribution in [0.4, 0.5) is 5.69 Å². The van der Waals surface area contributed by atoms with Gasteiger partial charge in [-0.15, -0.1) is 0 Å². The van der Waals surface area contributed by atoms with Gasteiger partial charge in [0.15, 0.2) is 0 Å². The van der Waals surface area contributed by atoms with Gasteiger partial charge in [0.2, 0.25) is 5.91 Å². The summed E-state index contributed by atoms with van der Waals surface area (Å²) in [6, 6.07) is 19.1. The predicted octanol–water partition coefficient (Wildman–Crippen LogP) is 3.46. The van der Waals surface area contributed by atoms with Crippen molar-refractivity contribution in [1.29, 1.82) is 0 Å². The zero-order chi connectivity index (χ0) is 19.3. The van der Waals surface area contributed by atoms with Crippen LogP contribution in [0.3, 0.4) is 0 Å². The van der Waals surface area contributed by atoms with E-state index in [2.05, 4.69) is 52.3 Å². The molecular weight excluding hydrogens is 348 g/mol. The van der Waals surface area contributed by atoms with Crippen molar-refractivity contribution in [2.24, 2.45) is 5.92 Å². The van der Waals surface area contributed by atoms with Gasteiger partial charge in [0.25, 0.3) is 0 Å². The maximum absolute atomic E-state index is 12.8. The van der Waals surface area contributed by atoms with Crippen LogP contribution in [0.1, 0.15) is 43.4 Å². The highest BCUT2D eigenvalue weighted by Gasteiger charge is 2.33. The van der Waals surface area contributed by atoms with Crippen molar-refractivity contribution in [3.8, 4) is 0 Å². The van der Waals surface area contributed by atoms with E-state index in [1.807, 2.05) is 30.3 Å². The number of hydrogen-bond acceptors (Lipinski definition) is 4. The van der Waals surface area contributed by atoms with E-state index in [0.29, 0.717) is 12.6 Å². The van der Waals surface area contributed by atoms with E-state index in [1.54, 1.807) is 0 Å². The minimum absolute atomic E-state index is 0.0129. The van der Waals surface area contributed by atoms with Gasteiger partial charge in [-0.25, -0.2) is 5.43 Å². The van der Waals surface area contributed by atoms with E-state index in [9.17, 15) is 4.79 Å². The molecule has 28 heavy (non-hydrogen) atoms. The summed E-state index contributed by atoms with van der Waals surface area (Å²) in [5.41, 5.74) is 9.65. The molecule has 0 saturated carbocycles. The third-order valence-electron chi connectivity index (χ3n) is 6.03. The molecule has 0 aliphatic carbocycles. The van der Waals surface area contributed by atoms with Crippen LogP contribution in [-0.2, 0) is 11.3 Å². The number of carbonyl (C=O) groups is 1. The molecule has 2 aromatic rings. The maximum Gasteiger partial charge on any atom is 0.230 e. The number of hydrogen-bond donors (Lipinski definition) is 3. The van der Waals surface area contributed by atoms with Crippen molar-refractivity contribution in [3.63, 3.8) is 0 Å². The van der Waals surface area contributed by atoms with Crippen LogP contribution in [0.5, 0.6) is 0 Å². The molecule has 2 saturated heterocycles. The van der Waals surface area contributed by atoms with Crippen molar-refractivity contribution < 1.29 is 4.79 Å². The van der Waals surface area contributed by atoms with Gasteiger partial charge in [-0.3, -0.25) is 15.1 Å². The summed E-state index contributed by atoms with van der Waals surface area (Å²) >= 11 is 0. The smallest absolute Gasteiger partial charge is 0.230 e. The Kier molecular flexibility index (Phi) is 6.05. The second-order valence-corrected chi connectivity index (χ2v) is 8.02. The Hall–Kier alpha value is -2.21. The van der Waals surface area contributed by atoms with Crippen molar-refractivity contribution in [2.45, 2.75) is 44.8 Å². The van der Waals surface area contributed by atoms with Crippen molar-refractivity contribution in [2.75, 3.05) is 18.4 Å². The van der Waals surface area contributed by atoms with Gasteiger partial charge in [-0.05, 0) is 49.6 Å². The number of nitrogens with zero attached hydrogens (tertiary/aromatic N) is 1. The third kappa shape index (κ3) is 4.43. The summed E-state index contributed by atoms with van der Waals surface area (Å²) in [4.78, 5) is 15.4. The van der Waals surface area contributed by atoms with E-state index in [0.717, 1.165) is 17.8 Å². The third-order valence-corrected chi connectivity index (χ3v) is 6.03. The first-order valence-electron chi connectivity index (χ1n) is 10.4. The van der Waals surface area contributed by atoms with Gasteiger partial charge in [-0.1, -0.05) is 48.9 Å². The summed E-state index contributed by atoms with van der Waals surface area (Å²) in [6.07, 6.45) is 3.93. The Morgan fingerprint density at radius 1 is 1.11 bits per heavy atom. The fourth-order valence-corrected chi connectivity index (χ4v) is 4.27. The quantitative estimate of drug-likeness (QED) is 0.746. The first kappa shape index (κ1) is 19.1. The molecule has 1 amide bonds. The highest BCUT2D eigenvalue weighted by atomic mass is 16.2. The Labute approximate surface area is 167 Å². The molecule has 3 unspecified atom stereocenters. The van der Waals surface area contributed by atoms with Crippen LogP contribution < -0.4 is 16.2 Å². The fraction of sp³-hybridized carbons (Fsp3) is 0.435. The van der Waals surface area contributed by atoms with Crippen molar-refractivity contribution in [1.82, 2.24) is 15.8 Å². The first-order chi connectivity index (χ1) is 13.7. The van der Waals surface area contributed by atoms with Gasteiger partial charge in [0.05, 0.1) is 12.0 Å². The lowest BCUT2D eigenvalue weighted by atomic mass is 9.94. The van der Waals surface area contributed by atoms with Crippen LogP contribution in [-0.4, -0.2) is 29.9 Å². The molecule has 0 bridgehead atoms. The molecule has 2 fully saturated rings. The minimum atomic E-state index is -0.142. The Balaban J connectivity index is 1.36. The normalized spacial score (nSPS) is 25.5. The fourth-order valence-electron chi connectivity index (χ4n) is 4.27. The molecule has 5 heteroatoms. The van der Waals surface area contributed by atoms with Gasteiger partial charge in [0.1, 0.15) is 0 Å². The maximum atomic E-state index is 12.8. The van der Waals surface area contributed by atoms with E-state index in [1.165, 1.54) is 31.4 Å². The predicted molar refractivity (Wildman–Crippen MR) is 113 cm³/mol. The van der Waals surface area contributed by atoms with Crippen LogP contribution in [0.25, 0.3) is 0 Å². The molecule has 2 aliphatic heterocycles. The van der Waals surface area contributed by atoms with E-state index in [-0.39, 0.29) is 17.9 Å². The highest BCUT2D eigenvalue weighted by Crippen LogP contribution is 2.26. The molecule has 3 atom stereocenters. The molecular formula is C23H30N4O. The molecule has 2 heterocycles. The molecule has 2 aliphatic rings. The van der Waals surface area contributed by atoms with E-state index < -0.39 is 0 Å². The molecule has 0 aromatic heterocycles. The summed E-state index contributed by atoms with van der Waals surface area (Å²) in [7, 11) is 0. The van der Waals surface area contributed by atoms with Crippen LogP contribution >= 0.6 is 0 Å². The zero-order valence-electron chi connectivity index (χ0n) is 16.5. The lowest BCUT2D eigenvalue weighted by Crippen LogP contribution is -2.36. The molecule has 0 radical (unpaired) electrons. The Morgan fingerprint density at radius 2 is 1.89 bits per heavy atom. The van der Waals surface area contributed by atoms with Crippen molar-refractivity contribution in [3.05, 3.63) is 65.7 Å². The average Bonchev–Trinajstić information content (AvgIpc) is 3.22. The molecule has 0 spiro atoms. The number of benzene rings is 2. The number of carbonyl (C=O) groups excluding carboxylic acids is 1. The minimum Gasteiger partial charge on any atom is -0.326 e. The summed E-state index contributed by atoms with van der Waals surface area (Å²) in [6.45, 7) is 5.11. The number of piperidine rings is 1. The number of likely N-dealkylation sites (tertiary alicyclic amines) is 1. The zero-order valence-corrected chi connectivity index (χ0v) is 16.5. The summed E-state index contributed by atoms with van der Waals surface area (Å²) in [5.74, 6) is -0.0972. The van der Waals surface area contributed by atoms with Crippen LogP contribution in [0.15, 0.2) is 54.6 Å². The molecule has 2 aromatic carbocycles. The molecule has 3 N–H and O–H groups in total. The van der Waals surface area contributed by atoms with E-state index in [4.69, 9.17) is 0 Å². The Bertz CT molecular complexity index is 777. The van der Waals surface area contributed by atoms with Crippen LogP contribution in [0, 0.1) is 5.92 Å². The van der Waals surface area contributed by atoms with Crippen LogP contribution in [0.2, 0.25) is 0 Å². The monoisotopic (exact) mass is 378 g/mol. The highest BCUT2D eigenvalue weighted by molar-refractivity contribution is 5.93. The number of rotatable bonds is 5. The second kappa shape index (κ2) is 8.86. The number of hydrazine groups is 1. The molecule has 148 valence electrons. The average molecular weight is 379 g/mol. The van der Waals surface area contributed by atoms with Gasteiger partial charge < -0.3 is 5.32 Å².